The molecule has 1 rings (SSSR count). The summed E-state index contributed by atoms with van der Waals surface area (Å²) in [7, 11) is 1.56. The lowest BCUT2D eigenvalue weighted by Gasteiger charge is -2.11. The lowest BCUT2D eigenvalue weighted by Crippen LogP contribution is -2.38. The van der Waals surface area contributed by atoms with E-state index < -0.39 is 0 Å². The molecule has 0 spiro atoms. The van der Waals surface area contributed by atoms with E-state index in [1.165, 1.54) is 6.07 Å². The molecule has 0 heterocycles. The molecule has 2 N–H and O–H groups in total. The molecule has 22 heavy (non-hydrogen) atoms. The smallest absolute Gasteiger partial charge is 0.191 e. The summed E-state index contributed by atoms with van der Waals surface area (Å²) in [6.07, 6.45) is 2.07. The van der Waals surface area contributed by atoms with Gasteiger partial charge >= 0.3 is 0 Å². The van der Waals surface area contributed by atoms with Gasteiger partial charge in [0.2, 0.25) is 0 Å². The fourth-order valence-corrected chi connectivity index (χ4v) is 2.08. The van der Waals surface area contributed by atoms with Crippen LogP contribution < -0.4 is 10.6 Å². The van der Waals surface area contributed by atoms with Gasteiger partial charge in [0, 0.05) is 31.5 Å². The molecule has 4 nitrogen and oxygen atoms in total. The standard InChI is InChI=1S/C15H24FN3OS.HI/c1-4-17-15(18-7-8-21-3)19-10-12-5-6-14(16)13(9-12)11-20-2;/h5-6,9H,4,7-8,10-11H2,1-3H3,(H2,17,18,19);1H. The topological polar surface area (TPSA) is 45.7 Å². The van der Waals surface area contributed by atoms with Crippen molar-refractivity contribution in [2.45, 2.75) is 20.1 Å². The molecule has 1 aromatic rings. The molecule has 1 aromatic carbocycles. The second-order valence-electron chi connectivity index (χ2n) is 4.47. The van der Waals surface area contributed by atoms with Crippen LogP contribution in [0, 0.1) is 5.82 Å². The molecule has 0 radical (unpaired) electrons. The molecule has 0 aliphatic rings. The number of rotatable bonds is 8. The monoisotopic (exact) mass is 441 g/mol. The number of ether oxygens (including phenoxy) is 1. The van der Waals surface area contributed by atoms with Gasteiger partial charge in [0.1, 0.15) is 5.82 Å². The van der Waals surface area contributed by atoms with Crippen molar-refractivity contribution in [3.8, 4) is 0 Å². The number of nitrogens with one attached hydrogen (secondary N) is 2. The summed E-state index contributed by atoms with van der Waals surface area (Å²) < 4.78 is 18.5. The first-order chi connectivity index (χ1) is 10.2. The average molecular weight is 441 g/mol. The van der Waals surface area contributed by atoms with Crippen molar-refractivity contribution in [2.75, 3.05) is 32.2 Å². The van der Waals surface area contributed by atoms with Crippen molar-refractivity contribution in [2.24, 2.45) is 4.99 Å². The SMILES string of the molecule is CCNC(=NCc1ccc(F)c(COC)c1)NCCSC.I. The van der Waals surface area contributed by atoms with E-state index in [-0.39, 0.29) is 36.4 Å². The predicted octanol–water partition coefficient (Wildman–Crippen LogP) is 3.01. The van der Waals surface area contributed by atoms with Crippen LogP contribution in [0.25, 0.3) is 0 Å². The molecule has 0 saturated carbocycles. The number of aliphatic imine (C=N–C) groups is 1. The van der Waals surface area contributed by atoms with Crippen LogP contribution in [-0.4, -0.2) is 38.2 Å². The van der Waals surface area contributed by atoms with Gasteiger partial charge in [-0.05, 0) is 30.9 Å². The minimum Gasteiger partial charge on any atom is -0.380 e. The van der Waals surface area contributed by atoms with E-state index in [1.807, 2.05) is 6.92 Å². The van der Waals surface area contributed by atoms with Crippen LogP contribution in [0.15, 0.2) is 23.2 Å². The molecule has 0 bridgehead atoms. The van der Waals surface area contributed by atoms with Crippen LogP contribution in [0.2, 0.25) is 0 Å². The minimum atomic E-state index is -0.241. The van der Waals surface area contributed by atoms with Crippen molar-refractivity contribution in [3.63, 3.8) is 0 Å². The van der Waals surface area contributed by atoms with Crippen molar-refractivity contribution in [3.05, 3.63) is 35.1 Å². The molecule has 0 amide bonds. The molecular formula is C15H25FIN3OS. The van der Waals surface area contributed by atoms with Crippen LogP contribution in [-0.2, 0) is 17.9 Å². The Morgan fingerprint density at radius 1 is 1.36 bits per heavy atom. The Hall–Kier alpha value is -0.540. The first-order valence-corrected chi connectivity index (χ1v) is 8.38. The maximum atomic E-state index is 13.5. The molecule has 0 aromatic heterocycles. The first-order valence-electron chi connectivity index (χ1n) is 6.98. The normalized spacial score (nSPS) is 11.0. The van der Waals surface area contributed by atoms with E-state index in [0.717, 1.165) is 30.4 Å². The fraction of sp³-hybridized carbons (Fsp3) is 0.533. The van der Waals surface area contributed by atoms with Gasteiger partial charge in [0.25, 0.3) is 0 Å². The summed E-state index contributed by atoms with van der Waals surface area (Å²) in [6, 6.07) is 5.02. The Kier molecular flexibility index (Phi) is 12.6. The highest BCUT2D eigenvalue weighted by Crippen LogP contribution is 2.12. The van der Waals surface area contributed by atoms with Gasteiger partial charge < -0.3 is 15.4 Å². The number of benzene rings is 1. The summed E-state index contributed by atoms with van der Waals surface area (Å²) in [5.41, 5.74) is 1.52. The van der Waals surface area contributed by atoms with Gasteiger partial charge in [0.15, 0.2) is 5.96 Å². The molecule has 0 aliphatic heterocycles. The summed E-state index contributed by atoms with van der Waals surface area (Å²) in [5, 5.41) is 6.46. The van der Waals surface area contributed by atoms with E-state index in [1.54, 1.807) is 31.0 Å². The highest BCUT2D eigenvalue weighted by Gasteiger charge is 2.03. The van der Waals surface area contributed by atoms with Gasteiger partial charge in [-0.1, -0.05) is 6.07 Å². The number of nitrogens with zero attached hydrogens (tertiary/aromatic N) is 1. The van der Waals surface area contributed by atoms with E-state index in [9.17, 15) is 4.39 Å². The zero-order chi connectivity index (χ0) is 15.5. The second-order valence-corrected chi connectivity index (χ2v) is 5.46. The Morgan fingerprint density at radius 3 is 2.77 bits per heavy atom. The van der Waals surface area contributed by atoms with E-state index >= 15 is 0 Å². The van der Waals surface area contributed by atoms with Crippen molar-refractivity contribution < 1.29 is 9.13 Å². The number of thioether (sulfide) groups is 1. The average Bonchev–Trinajstić information content (AvgIpc) is 2.48. The molecular weight excluding hydrogens is 416 g/mol. The maximum Gasteiger partial charge on any atom is 0.191 e. The third-order valence-corrected chi connectivity index (χ3v) is 3.38. The van der Waals surface area contributed by atoms with Gasteiger partial charge in [-0.25, -0.2) is 9.38 Å². The lowest BCUT2D eigenvalue weighted by molar-refractivity contribution is 0.181. The Balaban J connectivity index is 0.00000441. The van der Waals surface area contributed by atoms with Gasteiger partial charge in [-0.2, -0.15) is 11.8 Å². The van der Waals surface area contributed by atoms with Crippen LogP contribution >= 0.6 is 35.7 Å². The second kappa shape index (κ2) is 13.0. The largest absolute Gasteiger partial charge is 0.380 e. The van der Waals surface area contributed by atoms with Crippen molar-refractivity contribution in [1.82, 2.24) is 10.6 Å². The molecule has 0 unspecified atom stereocenters. The lowest BCUT2D eigenvalue weighted by atomic mass is 10.1. The van der Waals surface area contributed by atoms with Gasteiger partial charge in [-0.15, -0.1) is 24.0 Å². The Bertz CT molecular complexity index is 460. The number of methoxy groups -OCH3 is 1. The highest BCUT2D eigenvalue weighted by molar-refractivity contribution is 14.0. The zero-order valence-corrected chi connectivity index (χ0v) is 16.5. The predicted molar refractivity (Wildman–Crippen MR) is 104 cm³/mol. The Morgan fingerprint density at radius 2 is 2.14 bits per heavy atom. The number of hydrogen-bond acceptors (Lipinski definition) is 3. The fourth-order valence-electron chi connectivity index (χ4n) is 1.78. The molecule has 0 aliphatic carbocycles. The van der Waals surface area contributed by atoms with Crippen LogP contribution in [0.5, 0.6) is 0 Å². The number of guanidine groups is 1. The molecule has 0 saturated heterocycles. The van der Waals surface area contributed by atoms with Crippen LogP contribution in [0.3, 0.4) is 0 Å². The van der Waals surface area contributed by atoms with Crippen molar-refractivity contribution >= 4 is 41.7 Å². The molecule has 7 heteroatoms. The first kappa shape index (κ1) is 21.5. The molecule has 0 fully saturated rings. The zero-order valence-electron chi connectivity index (χ0n) is 13.3. The minimum absolute atomic E-state index is 0. The summed E-state index contributed by atoms with van der Waals surface area (Å²) in [5.74, 6) is 1.57. The summed E-state index contributed by atoms with van der Waals surface area (Å²) >= 11 is 1.78. The number of hydrogen-bond donors (Lipinski definition) is 2. The van der Waals surface area contributed by atoms with Crippen LogP contribution in [0.1, 0.15) is 18.1 Å². The highest BCUT2D eigenvalue weighted by atomic mass is 127. The van der Waals surface area contributed by atoms with E-state index in [0.29, 0.717) is 12.1 Å². The maximum absolute atomic E-state index is 13.5. The van der Waals surface area contributed by atoms with E-state index in [4.69, 9.17) is 4.74 Å². The summed E-state index contributed by atoms with van der Waals surface area (Å²) in [4.78, 5) is 4.51. The van der Waals surface area contributed by atoms with Gasteiger partial charge in [-0.3, -0.25) is 0 Å². The molecule has 0 atom stereocenters. The van der Waals surface area contributed by atoms with Crippen LogP contribution in [0.4, 0.5) is 4.39 Å². The third kappa shape index (κ3) is 8.19. The van der Waals surface area contributed by atoms with E-state index in [2.05, 4.69) is 21.9 Å². The summed E-state index contributed by atoms with van der Waals surface area (Å²) in [6.45, 7) is 4.48. The quantitative estimate of drug-likeness (QED) is 0.282. The van der Waals surface area contributed by atoms with Crippen molar-refractivity contribution in [1.29, 1.82) is 0 Å². The van der Waals surface area contributed by atoms with Gasteiger partial charge in [0.05, 0.1) is 13.2 Å². The third-order valence-electron chi connectivity index (χ3n) is 2.77. The molecule has 126 valence electrons. The number of halogens is 2. The Labute approximate surface area is 153 Å².